The van der Waals surface area contributed by atoms with E-state index < -0.39 is 42.3 Å². The SMILES string of the molecule is Cc1cc(C)c(C(N)=O)c(S(=O)(=O)CCS(N)(=O)=O)n1. The van der Waals surface area contributed by atoms with E-state index in [0.717, 1.165) is 0 Å². The van der Waals surface area contributed by atoms with E-state index in [2.05, 4.69) is 4.98 Å². The minimum atomic E-state index is -4.09. The van der Waals surface area contributed by atoms with Crippen LogP contribution >= 0.6 is 0 Å². The number of sulfone groups is 1. The summed E-state index contributed by atoms with van der Waals surface area (Å²) in [6.07, 6.45) is 0. The van der Waals surface area contributed by atoms with Crippen molar-refractivity contribution in [1.29, 1.82) is 0 Å². The molecular formula is C10H15N3O5S2. The van der Waals surface area contributed by atoms with Gasteiger partial charge in [-0.2, -0.15) is 0 Å². The number of primary sulfonamides is 1. The lowest BCUT2D eigenvalue weighted by Gasteiger charge is -2.10. The maximum absolute atomic E-state index is 12.1. The van der Waals surface area contributed by atoms with Crippen molar-refractivity contribution in [2.45, 2.75) is 18.9 Å². The van der Waals surface area contributed by atoms with Crippen LogP contribution in [0.1, 0.15) is 21.6 Å². The van der Waals surface area contributed by atoms with Crippen molar-refractivity contribution in [2.24, 2.45) is 10.9 Å². The Hall–Kier alpha value is -1.52. The Balaban J connectivity index is 3.41. The first kappa shape index (κ1) is 16.5. The molecule has 0 atom stereocenters. The molecule has 1 rings (SSSR count). The van der Waals surface area contributed by atoms with Gasteiger partial charge in [0.2, 0.25) is 10.0 Å². The van der Waals surface area contributed by atoms with E-state index in [0.29, 0.717) is 11.3 Å². The zero-order valence-electron chi connectivity index (χ0n) is 11.0. The van der Waals surface area contributed by atoms with Gasteiger partial charge in [0, 0.05) is 5.69 Å². The van der Waals surface area contributed by atoms with Gasteiger partial charge in [-0.3, -0.25) is 4.79 Å². The van der Waals surface area contributed by atoms with E-state index in [1.807, 2.05) is 0 Å². The fraction of sp³-hybridized carbons (Fsp3) is 0.400. The fourth-order valence-corrected chi connectivity index (χ4v) is 4.51. The second kappa shape index (κ2) is 5.46. The Morgan fingerprint density at radius 1 is 1.20 bits per heavy atom. The summed E-state index contributed by atoms with van der Waals surface area (Å²) < 4.78 is 46.0. The van der Waals surface area contributed by atoms with Crippen LogP contribution < -0.4 is 10.9 Å². The number of hydrogen-bond acceptors (Lipinski definition) is 6. The zero-order chi connectivity index (χ0) is 15.7. The number of amides is 1. The summed E-state index contributed by atoms with van der Waals surface area (Å²) >= 11 is 0. The molecule has 10 heteroatoms. The Labute approximate surface area is 117 Å². The molecule has 0 aliphatic heterocycles. The van der Waals surface area contributed by atoms with Crippen molar-refractivity contribution < 1.29 is 21.6 Å². The minimum absolute atomic E-state index is 0.231. The highest BCUT2D eigenvalue weighted by Crippen LogP contribution is 2.19. The average molecular weight is 321 g/mol. The highest BCUT2D eigenvalue weighted by atomic mass is 32.2. The molecule has 0 bridgehead atoms. The average Bonchev–Trinajstić information content (AvgIpc) is 2.24. The third-order valence-electron chi connectivity index (χ3n) is 2.49. The lowest BCUT2D eigenvalue weighted by molar-refractivity contribution is 0.0995. The van der Waals surface area contributed by atoms with Crippen molar-refractivity contribution >= 4 is 25.8 Å². The first-order chi connectivity index (χ1) is 8.94. The number of carbonyl (C=O) groups is 1. The third kappa shape index (κ3) is 3.99. The van der Waals surface area contributed by atoms with Gasteiger partial charge in [-0.05, 0) is 25.5 Å². The summed E-state index contributed by atoms with van der Waals surface area (Å²) in [5, 5.41) is 4.27. The molecule has 0 aliphatic rings. The van der Waals surface area contributed by atoms with Crippen LogP contribution in [-0.2, 0) is 19.9 Å². The fourth-order valence-electron chi connectivity index (χ4n) is 1.65. The second-order valence-electron chi connectivity index (χ2n) is 4.31. The van der Waals surface area contributed by atoms with Crippen LogP contribution in [-0.4, -0.2) is 39.2 Å². The van der Waals surface area contributed by atoms with Crippen LogP contribution in [0, 0.1) is 13.8 Å². The van der Waals surface area contributed by atoms with Crippen LogP contribution in [0.2, 0.25) is 0 Å². The number of carbonyl (C=O) groups excluding carboxylic acids is 1. The van der Waals surface area contributed by atoms with E-state index in [4.69, 9.17) is 10.9 Å². The van der Waals surface area contributed by atoms with Crippen LogP contribution in [0.25, 0.3) is 0 Å². The molecule has 0 aromatic carbocycles. The van der Waals surface area contributed by atoms with Gasteiger partial charge >= 0.3 is 0 Å². The minimum Gasteiger partial charge on any atom is -0.366 e. The normalized spacial score (nSPS) is 12.3. The molecule has 1 amide bonds. The maximum Gasteiger partial charge on any atom is 0.251 e. The molecule has 8 nitrogen and oxygen atoms in total. The monoisotopic (exact) mass is 321 g/mol. The summed E-state index contributed by atoms with van der Waals surface area (Å²) in [6.45, 7) is 3.07. The van der Waals surface area contributed by atoms with E-state index in [9.17, 15) is 21.6 Å². The highest BCUT2D eigenvalue weighted by molar-refractivity contribution is 7.94. The smallest absolute Gasteiger partial charge is 0.251 e. The molecule has 20 heavy (non-hydrogen) atoms. The molecule has 0 aliphatic carbocycles. The van der Waals surface area contributed by atoms with Crippen molar-refractivity contribution in [3.63, 3.8) is 0 Å². The number of rotatable bonds is 5. The number of aromatic nitrogens is 1. The van der Waals surface area contributed by atoms with Gasteiger partial charge in [-0.15, -0.1) is 0 Å². The number of pyridine rings is 1. The van der Waals surface area contributed by atoms with Gasteiger partial charge in [0.15, 0.2) is 14.9 Å². The van der Waals surface area contributed by atoms with E-state index >= 15 is 0 Å². The quantitative estimate of drug-likeness (QED) is 0.699. The molecule has 112 valence electrons. The number of aryl methyl sites for hydroxylation is 2. The Bertz CT molecular complexity index is 753. The second-order valence-corrected chi connectivity index (χ2v) is 8.07. The molecule has 1 aromatic heterocycles. The molecule has 0 saturated carbocycles. The first-order valence-electron chi connectivity index (χ1n) is 5.45. The van der Waals surface area contributed by atoms with Crippen LogP contribution in [0.15, 0.2) is 11.1 Å². The molecular weight excluding hydrogens is 306 g/mol. The van der Waals surface area contributed by atoms with E-state index in [1.165, 1.54) is 13.0 Å². The molecule has 1 aromatic rings. The lowest BCUT2D eigenvalue weighted by atomic mass is 10.1. The van der Waals surface area contributed by atoms with Gasteiger partial charge in [0.25, 0.3) is 5.91 Å². The van der Waals surface area contributed by atoms with E-state index in [1.54, 1.807) is 6.92 Å². The van der Waals surface area contributed by atoms with Gasteiger partial charge in [-0.25, -0.2) is 27.0 Å². The van der Waals surface area contributed by atoms with Crippen LogP contribution in [0.4, 0.5) is 0 Å². The van der Waals surface area contributed by atoms with Gasteiger partial charge < -0.3 is 5.73 Å². The van der Waals surface area contributed by atoms with Crippen molar-refractivity contribution in [2.75, 3.05) is 11.5 Å². The summed E-state index contributed by atoms with van der Waals surface area (Å²) in [6, 6.07) is 1.51. The van der Waals surface area contributed by atoms with Crippen LogP contribution in [0.5, 0.6) is 0 Å². The Morgan fingerprint density at radius 3 is 2.20 bits per heavy atom. The van der Waals surface area contributed by atoms with E-state index in [-0.39, 0.29) is 5.56 Å². The van der Waals surface area contributed by atoms with Gasteiger partial charge in [-0.1, -0.05) is 0 Å². The standard InChI is InChI=1S/C10H15N3O5S2/c1-6-5-7(2)13-10(8(6)9(11)14)19(15,16)3-4-20(12,17)18/h5H,3-4H2,1-2H3,(H2,11,14)(H2,12,17,18). The van der Waals surface area contributed by atoms with Crippen LogP contribution in [0.3, 0.4) is 0 Å². The molecule has 0 spiro atoms. The molecule has 0 saturated heterocycles. The number of sulfonamides is 1. The highest BCUT2D eigenvalue weighted by Gasteiger charge is 2.26. The summed E-state index contributed by atoms with van der Waals surface area (Å²) in [5.41, 5.74) is 5.66. The molecule has 1 heterocycles. The number of nitrogens with zero attached hydrogens (tertiary/aromatic N) is 1. The van der Waals surface area contributed by atoms with Gasteiger partial charge in [0.05, 0.1) is 17.1 Å². The van der Waals surface area contributed by atoms with Crippen molar-refractivity contribution in [3.05, 3.63) is 22.9 Å². The topological polar surface area (TPSA) is 150 Å². The Morgan fingerprint density at radius 2 is 1.75 bits per heavy atom. The first-order valence-corrected chi connectivity index (χ1v) is 8.82. The number of hydrogen-bond donors (Lipinski definition) is 2. The zero-order valence-corrected chi connectivity index (χ0v) is 12.6. The molecule has 0 radical (unpaired) electrons. The summed E-state index contributed by atoms with van der Waals surface area (Å²) in [5.74, 6) is -2.46. The predicted molar refractivity (Wildman–Crippen MR) is 72.3 cm³/mol. The maximum atomic E-state index is 12.1. The predicted octanol–water partition coefficient (Wildman–Crippen LogP) is -1.14. The van der Waals surface area contributed by atoms with Crippen molar-refractivity contribution in [1.82, 2.24) is 4.98 Å². The van der Waals surface area contributed by atoms with Crippen molar-refractivity contribution in [3.8, 4) is 0 Å². The summed E-state index contributed by atoms with van der Waals surface area (Å²) in [7, 11) is -8.03. The number of nitrogens with two attached hydrogens (primary N) is 2. The third-order valence-corrected chi connectivity index (χ3v) is 5.15. The molecule has 0 unspecified atom stereocenters. The molecule has 4 N–H and O–H groups in total. The lowest BCUT2D eigenvalue weighted by Crippen LogP contribution is -2.26. The summed E-state index contributed by atoms with van der Waals surface area (Å²) in [4.78, 5) is 15.2. The van der Waals surface area contributed by atoms with Gasteiger partial charge in [0.1, 0.15) is 0 Å². The largest absolute Gasteiger partial charge is 0.366 e. The number of primary amides is 1. The molecule has 0 fully saturated rings. The Kier molecular flexibility index (Phi) is 4.52.